The van der Waals surface area contributed by atoms with Crippen LogP contribution in [0.1, 0.15) is 112 Å². The van der Waals surface area contributed by atoms with Crippen LogP contribution in [0.2, 0.25) is 0 Å². The van der Waals surface area contributed by atoms with Gasteiger partial charge in [-0.15, -0.1) is 0 Å². The van der Waals surface area contributed by atoms with Crippen molar-refractivity contribution in [2.24, 2.45) is 28.6 Å². The third kappa shape index (κ3) is 6.66. The number of amides is 1. The van der Waals surface area contributed by atoms with Crippen molar-refractivity contribution in [3.05, 3.63) is 101 Å². The highest BCUT2D eigenvalue weighted by Crippen LogP contribution is 2.67. The van der Waals surface area contributed by atoms with Gasteiger partial charge in [-0.3, -0.25) is 9.59 Å². The van der Waals surface area contributed by atoms with E-state index in [0.717, 1.165) is 73.8 Å². The Kier molecular flexibility index (Phi) is 9.97. The first kappa shape index (κ1) is 34.9. The Morgan fingerprint density at radius 3 is 2.14 bits per heavy atom. The molecule has 3 fully saturated rings. The lowest BCUT2D eigenvalue weighted by molar-refractivity contribution is -0.345. The van der Waals surface area contributed by atoms with E-state index in [1.807, 2.05) is 53.4 Å². The average molecular weight is 678 g/mol. The van der Waals surface area contributed by atoms with Crippen LogP contribution in [0.25, 0.3) is 0 Å². The second kappa shape index (κ2) is 14.3. The smallest absolute Gasteiger partial charge is 0.223 e. The molecule has 3 aliphatic carbocycles. The topological polar surface area (TPSA) is 65.1 Å². The molecule has 0 bridgehead atoms. The summed E-state index contributed by atoms with van der Waals surface area (Å²) in [5.74, 6) is 1.55. The monoisotopic (exact) mass is 677 g/mol. The third-order valence-electron chi connectivity index (χ3n) is 12.7. The van der Waals surface area contributed by atoms with E-state index in [4.69, 9.17) is 14.2 Å². The molecule has 1 saturated heterocycles. The van der Waals surface area contributed by atoms with Gasteiger partial charge >= 0.3 is 0 Å². The summed E-state index contributed by atoms with van der Waals surface area (Å²) in [6.07, 6.45) is 8.03. The summed E-state index contributed by atoms with van der Waals surface area (Å²) in [5, 5.41) is 0. The number of ether oxygens (including phenoxy) is 3. The van der Waals surface area contributed by atoms with E-state index < -0.39 is 5.79 Å². The summed E-state index contributed by atoms with van der Waals surface area (Å²) < 4.78 is 19.0. The van der Waals surface area contributed by atoms with E-state index in [0.29, 0.717) is 44.6 Å². The van der Waals surface area contributed by atoms with Crippen molar-refractivity contribution in [1.29, 1.82) is 0 Å². The van der Waals surface area contributed by atoms with Crippen molar-refractivity contribution in [2.45, 2.75) is 103 Å². The molecule has 1 amide bonds. The zero-order valence-electron chi connectivity index (χ0n) is 30.5. The SMILES string of the molecule is COc1ccc2c(c1)C(=O)[C@@H](CCCCCC(=O)N(Cc1ccccc1)Cc1ccccc1)[C@@H]1[C@@H]2CC[C@@]2(C)[C@H]1CCC21OCC(C)(C)CO1. The quantitative estimate of drug-likeness (QED) is 0.189. The minimum absolute atomic E-state index is 0.0136. The van der Waals surface area contributed by atoms with Gasteiger partial charge in [0.25, 0.3) is 0 Å². The van der Waals surface area contributed by atoms with Crippen LogP contribution < -0.4 is 4.74 Å². The van der Waals surface area contributed by atoms with Crippen LogP contribution in [0.15, 0.2) is 78.9 Å². The number of carbonyl (C=O) groups is 2. The Bertz CT molecular complexity index is 1600. The van der Waals surface area contributed by atoms with Crippen molar-refractivity contribution in [2.75, 3.05) is 20.3 Å². The summed E-state index contributed by atoms with van der Waals surface area (Å²) in [7, 11) is 1.67. The molecule has 0 radical (unpaired) electrons. The molecule has 0 aromatic heterocycles. The molecule has 4 aliphatic rings. The molecule has 3 aromatic carbocycles. The Labute approximate surface area is 298 Å². The fraction of sp³-hybridized carbons (Fsp3) is 0.545. The number of hydrogen-bond donors (Lipinski definition) is 0. The van der Waals surface area contributed by atoms with Crippen LogP contribution in [0.4, 0.5) is 0 Å². The van der Waals surface area contributed by atoms with E-state index in [-0.39, 0.29) is 34.4 Å². The first-order chi connectivity index (χ1) is 24.1. The number of carbonyl (C=O) groups excluding carboxylic acids is 2. The molecule has 7 rings (SSSR count). The molecular weight excluding hydrogens is 622 g/mol. The number of Topliss-reactive ketones (excluding diaryl/α,β-unsaturated/α-hetero) is 1. The summed E-state index contributed by atoms with van der Waals surface area (Å²) >= 11 is 0. The second-order valence-electron chi connectivity index (χ2n) is 16.5. The van der Waals surface area contributed by atoms with Gasteiger partial charge in [-0.05, 0) is 78.7 Å². The molecule has 50 heavy (non-hydrogen) atoms. The van der Waals surface area contributed by atoms with Gasteiger partial charge < -0.3 is 19.1 Å². The van der Waals surface area contributed by atoms with Crippen LogP contribution in [0.5, 0.6) is 5.75 Å². The Balaban J connectivity index is 1.05. The highest BCUT2D eigenvalue weighted by atomic mass is 16.7. The van der Waals surface area contributed by atoms with Crippen molar-refractivity contribution in [1.82, 2.24) is 4.90 Å². The van der Waals surface area contributed by atoms with E-state index in [2.05, 4.69) is 51.1 Å². The first-order valence-electron chi connectivity index (χ1n) is 19.0. The van der Waals surface area contributed by atoms with Crippen LogP contribution in [-0.4, -0.2) is 42.7 Å². The molecule has 1 aliphatic heterocycles. The number of unbranched alkanes of at least 4 members (excludes halogenated alkanes) is 2. The zero-order valence-corrected chi connectivity index (χ0v) is 30.5. The molecule has 5 atom stereocenters. The van der Waals surface area contributed by atoms with Crippen LogP contribution >= 0.6 is 0 Å². The van der Waals surface area contributed by atoms with Crippen molar-refractivity contribution in [3.8, 4) is 5.75 Å². The van der Waals surface area contributed by atoms with E-state index in [1.54, 1.807) is 7.11 Å². The van der Waals surface area contributed by atoms with E-state index >= 15 is 0 Å². The maximum absolute atomic E-state index is 14.5. The Morgan fingerprint density at radius 2 is 1.50 bits per heavy atom. The molecule has 1 spiro atoms. The van der Waals surface area contributed by atoms with Crippen molar-refractivity contribution >= 4 is 11.7 Å². The Morgan fingerprint density at radius 1 is 0.840 bits per heavy atom. The average Bonchev–Trinajstić information content (AvgIpc) is 3.42. The van der Waals surface area contributed by atoms with E-state index in [9.17, 15) is 9.59 Å². The lowest BCUT2D eigenvalue weighted by Crippen LogP contribution is -2.59. The number of methoxy groups -OCH3 is 1. The molecular formula is C44H55NO5. The maximum atomic E-state index is 14.5. The molecule has 3 aromatic rings. The molecule has 0 N–H and O–H groups in total. The minimum Gasteiger partial charge on any atom is -0.497 e. The fourth-order valence-corrected chi connectivity index (χ4v) is 9.97. The Hall–Kier alpha value is -3.48. The van der Waals surface area contributed by atoms with E-state index in [1.165, 1.54) is 5.56 Å². The second-order valence-corrected chi connectivity index (χ2v) is 16.5. The standard InChI is InChI=1S/C44H55NO5/c1-42(2)29-49-44(50-30-42)25-23-38-40-35(22-24-43(38,44)3)34-21-20-33(48-4)26-37(34)41(47)36(40)18-12-7-13-19-39(46)45(27-31-14-8-5-9-15-31)28-32-16-10-6-11-17-32/h5-6,8-11,14-17,20-21,26,35-36,38,40H,7,12-13,18-19,22-25,27-30H2,1-4H3/t35-,36+,38+,40+,43+/m1/s1. The van der Waals surface area contributed by atoms with Gasteiger partial charge in [0.1, 0.15) is 5.75 Å². The minimum atomic E-state index is -0.558. The van der Waals surface area contributed by atoms with Crippen LogP contribution in [0, 0.1) is 28.6 Å². The largest absolute Gasteiger partial charge is 0.497 e. The van der Waals surface area contributed by atoms with Crippen molar-refractivity contribution in [3.63, 3.8) is 0 Å². The molecule has 6 heteroatoms. The number of ketones is 1. The van der Waals surface area contributed by atoms with Gasteiger partial charge in [0.05, 0.1) is 20.3 Å². The van der Waals surface area contributed by atoms with Gasteiger partial charge in [0, 0.05) is 48.2 Å². The van der Waals surface area contributed by atoms with Crippen LogP contribution in [-0.2, 0) is 27.4 Å². The van der Waals surface area contributed by atoms with Crippen LogP contribution in [0.3, 0.4) is 0 Å². The molecule has 0 unspecified atom stereocenters. The highest BCUT2D eigenvalue weighted by molar-refractivity contribution is 6.01. The zero-order chi connectivity index (χ0) is 34.9. The third-order valence-corrected chi connectivity index (χ3v) is 12.7. The predicted octanol–water partition coefficient (Wildman–Crippen LogP) is 9.37. The number of fused-ring (bicyclic) bond motifs is 6. The number of hydrogen-bond acceptors (Lipinski definition) is 5. The van der Waals surface area contributed by atoms with Gasteiger partial charge in [-0.25, -0.2) is 0 Å². The molecule has 2 saturated carbocycles. The fourth-order valence-electron chi connectivity index (χ4n) is 9.97. The highest BCUT2D eigenvalue weighted by Gasteiger charge is 2.67. The summed E-state index contributed by atoms with van der Waals surface area (Å²) in [5.41, 5.74) is 4.22. The lowest BCUT2D eigenvalue weighted by Gasteiger charge is -2.57. The van der Waals surface area contributed by atoms with Crippen molar-refractivity contribution < 1.29 is 23.8 Å². The van der Waals surface area contributed by atoms with Gasteiger partial charge in [0.2, 0.25) is 5.91 Å². The number of rotatable bonds is 11. The van der Waals surface area contributed by atoms with Gasteiger partial charge in [0.15, 0.2) is 11.6 Å². The molecule has 266 valence electrons. The predicted molar refractivity (Wildman–Crippen MR) is 196 cm³/mol. The first-order valence-corrected chi connectivity index (χ1v) is 19.0. The number of nitrogens with zero attached hydrogens (tertiary/aromatic N) is 1. The molecule has 6 nitrogen and oxygen atoms in total. The maximum Gasteiger partial charge on any atom is 0.223 e. The summed E-state index contributed by atoms with van der Waals surface area (Å²) in [4.78, 5) is 30.1. The summed E-state index contributed by atoms with van der Waals surface area (Å²) in [6, 6.07) is 26.7. The number of benzene rings is 3. The van der Waals surface area contributed by atoms with Gasteiger partial charge in [-0.2, -0.15) is 0 Å². The molecule has 1 heterocycles. The normalized spacial score (nSPS) is 27.6. The summed E-state index contributed by atoms with van der Waals surface area (Å²) in [6.45, 7) is 9.44. The lowest BCUT2D eigenvalue weighted by atomic mass is 9.51. The van der Waals surface area contributed by atoms with Gasteiger partial charge in [-0.1, -0.05) is 100 Å².